The SMILES string of the molecule is CCCc1c(C(=O)N2CCC2CO)nnn1-c1cccc(Cl)c1. The Bertz CT molecular complexity index is 714. The van der Waals surface area contributed by atoms with Gasteiger partial charge in [-0.3, -0.25) is 4.79 Å². The lowest BCUT2D eigenvalue weighted by Crippen LogP contribution is -2.53. The minimum Gasteiger partial charge on any atom is -0.394 e. The molecular formula is C16H19ClN4O2. The van der Waals surface area contributed by atoms with E-state index < -0.39 is 0 Å². The summed E-state index contributed by atoms with van der Waals surface area (Å²) in [7, 11) is 0. The summed E-state index contributed by atoms with van der Waals surface area (Å²) in [6, 6.07) is 7.21. The summed E-state index contributed by atoms with van der Waals surface area (Å²) in [6.45, 7) is 2.68. The van der Waals surface area contributed by atoms with Crippen molar-refractivity contribution in [2.24, 2.45) is 0 Å². The molecule has 1 unspecified atom stereocenters. The lowest BCUT2D eigenvalue weighted by Gasteiger charge is -2.39. The molecule has 1 aromatic heterocycles. The number of carbonyl (C=O) groups is 1. The van der Waals surface area contributed by atoms with Crippen LogP contribution in [0.25, 0.3) is 5.69 Å². The summed E-state index contributed by atoms with van der Waals surface area (Å²) in [5.74, 6) is -0.160. The van der Waals surface area contributed by atoms with E-state index in [4.69, 9.17) is 11.6 Å². The number of likely N-dealkylation sites (tertiary alicyclic amines) is 1. The van der Waals surface area contributed by atoms with Crippen molar-refractivity contribution in [3.05, 3.63) is 40.7 Å². The highest BCUT2D eigenvalue weighted by Crippen LogP contribution is 2.23. The first-order valence-electron chi connectivity index (χ1n) is 7.78. The van der Waals surface area contributed by atoms with Crippen LogP contribution in [0.4, 0.5) is 0 Å². The fraction of sp³-hybridized carbons (Fsp3) is 0.438. The predicted molar refractivity (Wildman–Crippen MR) is 86.9 cm³/mol. The molecule has 2 heterocycles. The number of rotatable bonds is 5. The van der Waals surface area contributed by atoms with Crippen LogP contribution >= 0.6 is 11.6 Å². The molecule has 2 aromatic rings. The van der Waals surface area contributed by atoms with Gasteiger partial charge in [0.1, 0.15) is 0 Å². The van der Waals surface area contributed by atoms with Gasteiger partial charge in [-0.15, -0.1) is 5.10 Å². The van der Waals surface area contributed by atoms with Gasteiger partial charge in [-0.1, -0.05) is 36.2 Å². The minimum absolute atomic E-state index is 0.0166. The van der Waals surface area contributed by atoms with E-state index in [1.807, 2.05) is 19.1 Å². The summed E-state index contributed by atoms with van der Waals surface area (Å²) >= 11 is 6.05. The summed E-state index contributed by atoms with van der Waals surface area (Å²) in [4.78, 5) is 14.3. The third kappa shape index (κ3) is 2.96. The largest absolute Gasteiger partial charge is 0.394 e. The molecule has 0 radical (unpaired) electrons. The normalized spacial score (nSPS) is 17.2. The maximum atomic E-state index is 12.7. The molecule has 7 heteroatoms. The molecule has 0 saturated carbocycles. The van der Waals surface area contributed by atoms with Gasteiger partial charge in [0.15, 0.2) is 5.69 Å². The average molecular weight is 335 g/mol. The Kier molecular flexibility index (Phi) is 4.63. The molecule has 0 aliphatic carbocycles. The van der Waals surface area contributed by atoms with Crippen molar-refractivity contribution in [2.45, 2.75) is 32.2 Å². The van der Waals surface area contributed by atoms with Gasteiger partial charge >= 0.3 is 0 Å². The number of halogens is 1. The minimum atomic E-state index is -0.160. The molecular weight excluding hydrogens is 316 g/mol. The molecule has 1 amide bonds. The molecule has 1 aliphatic heterocycles. The van der Waals surface area contributed by atoms with E-state index in [0.29, 0.717) is 23.7 Å². The number of nitrogens with zero attached hydrogens (tertiary/aromatic N) is 4. The second-order valence-corrected chi connectivity index (χ2v) is 6.09. The Labute approximate surface area is 139 Å². The van der Waals surface area contributed by atoms with E-state index in [1.54, 1.807) is 21.7 Å². The average Bonchev–Trinajstić information content (AvgIpc) is 2.91. The van der Waals surface area contributed by atoms with Crippen molar-refractivity contribution in [3.63, 3.8) is 0 Å². The maximum absolute atomic E-state index is 12.7. The topological polar surface area (TPSA) is 71.2 Å². The van der Waals surface area contributed by atoms with E-state index >= 15 is 0 Å². The third-order valence-electron chi connectivity index (χ3n) is 4.12. The molecule has 0 bridgehead atoms. The van der Waals surface area contributed by atoms with E-state index in [2.05, 4.69) is 10.3 Å². The lowest BCUT2D eigenvalue weighted by molar-refractivity contribution is 0.0289. The van der Waals surface area contributed by atoms with Gasteiger partial charge in [0.2, 0.25) is 0 Å². The fourth-order valence-corrected chi connectivity index (χ4v) is 2.96. The first-order chi connectivity index (χ1) is 11.2. The molecule has 1 atom stereocenters. The van der Waals surface area contributed by atoms with Gasteiger partial charge in [-0.2, -0.15) is 0 Å². The van der Waals surface area contributed by atoms with Gasteiger partial charge in [-0.05, 0) is 31.0 Å². The highest BCUT2D eigenvalue weighted by Gasteiger charge is 2.35. The zero-order chi connectivity index (χ0) is 16.4. The quantitative estimate of drug-likeness (QED) is 0.908. The number of amides is 1. The van der Waals surface area contributed by atoms with Crippen LogP contribution in [0, 0.1) is 0 Å². The van der Waals surface area contributed by atoms with Crippen molar-refractivity contribution in [2.75, 3.05) is 13.2 Å². The Balaban J connectivity index is 1.97. The van der Waals surface area contributed by atoms with Gasteiger partial charge in [-0.25, -0.2) is 4.68 Å². The molecule has 1 N–H and O–H groups in total. The Hall–Kier alpha value is -1.92. The predicted octanol–water partition coefficient (Wildman–Crippen LogP) is 2.08. The smallest absolute Gasteiger partial charge is 0.276 e. The van der Waals surface area contributed by atoms with E-state index in [1.165, 1.54) is 0 Å². The zero-order valence-electron chi connectivity index (χ0n) is 12.9. The number of aliphatic hydroxyl groups is 1. The molecule has 1 saturated heterocycles. The Morgan fingerprint density at radius 1 is 1.48 bits per heavy atom. The van der Waals surface area contributed by atoms with E-state index in [0.717, 1.165) is 24.2 Å². The number of hydrogen-bond acceptors (Lipinski definition) is 4. The van der Waals surface area contributed by atoms with Gasteiger partial charge in [0.05, 0.1) is 24.0 Å². The first-order valence-corrected chi connectivity index (χ1v) is 8.15. The van der Waals surface area contributed by atoms with Crippen molar-refractivity contribution in [1.82, 2.24) is 19.9 Å². The molecule has 0 spiro atoms. The van der Waals surface area contributed by atoms with E-state index in [9.17, 15) is 9.90 Å². The van der Waals surface area contributed by atoms with Crippen molar-refractivity contribution in [3.8, 4) is 5.69 Å². The van der Waals surface area contributed by atoms with Gasteiger partial charge in [0, 0.05) is 11.6 Å². The van der Waals surface area contributed by atoms with Crippen LogP contribution in [-0.2, 0) is 6.42 Å². The standard InChI is InChI=1S/C16H19ClN4O2/c1-2-4-14-15(16(23)20-8-7-13(20)10-22)18-19-21(14)12-6-3-5-11(17)9-12/h3,5-6,9,13,22H,2,4,7-8,10H2,1H3. The van der Waals surface area contributed by atoms with Crippen molar-refractivity contribution < 1.29 is 9.90 Å². The number of aromatic nitrogens is 3. The van der Waals surface area contributed by atoms with Crippen molar-refractivity contribution in [1.29, 1.82) is 0 Å². The second kappa shape index (κ2) is 6.68. The van der Waals surface area contributed by atoms with Crippen LogP contribution in [0.3, 0.4) is 0 Å². The second-order valence-electron chi connectivity index (χ2n) is 5.65. The highest BCUT2D eigenvalue weighted by molar-refractivity contribution is 6.30. The van der Waals surface area contributed by atoms with Crippen LogP contribution in [0.1, 0.15) is 35.9 Å². The number of benzene rings is 1. The zero-order valence-corrected chi connectivity index (χ0v) is 13.7. The van der Waals surface area contributed by atoms with E-state index in [-0.39, 0.29) is 18.6 Å². The molecule has 6 nitrogen and oxygen atoms in total. The molecule has 1 aromatic carbocycles. The Morgan fingerprint density at radius 3 is 2.91 bits per heavy atom. The molecule has 1 fully saturated rings. The molecule has 1 aliphatic rings. The van der Waals surface area contributed by atoms with Crippen LogP contribution in [-0.4, -0.2) is 50.1 Å². The summed E-state index contributed by atoms with van der Waals surface area (Å²) in [5.41, 5.74) is 1.93. The van der Waals surface area contributed by atoms with Crippen LogP contribution in [0.15, 0.2) is 24.3 Å². The summed E-state index contributed by atoms with van der Waals surface area (Å²) in [5, 5.41) is 18.2. The maximum Gasteiger partial charge on any atom is 0.276 e. The molecule has 23 heavy (non-hydrogen) atoms. The first kappa shape index (κ1) is 16.0. The monoisotopic (exact) mass is 334 g/mol. The molecule has 122 valence electrons. The molecule has 3 rings (SSSR count). The third-order valence-corrected chi connectivity index (χ3v) is 4.36. The van der Waals surface area contributed by atoms with Gasteiger partial charge in [0.25, 0.3) is 5.91 Å². The van der Waals surface area contributed by atoms with Crippen molar-refractivity contribution >= 4 is 17.5 Å². The summed E-state index contributed by atoms with van der Waals surface area (Å²) < 4.78 is 1.68. The van der Waals surface area contributed by atoms with Crippen LogP contribution in [0.5, 0.6) is 0 Å². The van der Waals surface area contributed by atoms with Gasteiger partial charge < -0.3 is 10.0 Å². The summed E-state index contributed by atoms with van der Waals surface area (Å²) in [6.07, 6.45) is 2.39. The fourth-order valence-electron chi connectivity index (χ4n) is 2.78. The van der Waals surface area contributed by atoms with Crippen LogP contribution < -0.4 is 0 Å². The lowest BCUT2D eigenvalue weighted by atomic mass is 10.0. The number of carbonyl (C=O) groups excluding carboxylic acids is 1. The van der Waals surface area contributed by atoms with Crippen LogP contribution in [0.2, 0.25) is 5.02 Å². The number of aliphatic hydroxyl groups excluding tert-OH is 1. The highest BCUT2D eigenvalue weighted by atomic mass is 35.5. The Morgan fingerprint density at radius 2 is 2.30 bits per heavy atom. The number of hydrogen-bond donors (Lipinski definition) is 1.